The number of aryl methyl sites for hydroxylation is 1. The zero-order chi connectivity index (χ0) is 14.2. The van der Waals surface area contributed by atoms with Crippen molar-refractivity contribution in [2.75, 3.05) is 11.9 Å². The Bertz CT molecular complexity index is 794. The molecular weight excluding hydrogens is 262 g/mol. The number of aromatic amines is 1. The first-order chi connectivity index (χ1) is 10.3. The van der Waals surface area contributed by atoms with Crippen LogP contribution in [0, 0.1) is 6.92 Å². The van der Waals surface area contributed by atoms with Crippen LogP contribution in [0.3, 0.4) is 0 Å². The van der Waals surface area contributed by atoms with Gasteiger partial charge in [-0.05, 0) is 36.2 Å². The Kier molecular flexibility index (Phi) is 2.89. The molecule has 0 fully saturated rings. The molecule has 1 aromatic heterocycles. The summed E-state index contributed by atoms with van der Waals surface area (Å²) in [6.07, 6.45) is 0. The summed E-state index contributed by atoms with van der Waals surface area (Å²) in [5.74, 6) is 0.938. The number of ether oxygens (including phenoxy) is 1. The fourth-order valence-electron chi connectivity index (χ4n) is 2.93. The summed E-state index contributed by atoms with van der Waals surface area (Å²) in [4.78, 5) is 7.70. The van der Waals surface area contributed by atoms with Crippen LogP contribution in [0.15, 0.2) is 42.5 Å². The topological polar surface area (TPSA) is 49.9 Å². The smallest absolute Gasteiger partial charge is 0.104 e. The molecule has 2 heterocycles. The SMILES string of the molecule is Cc1nc2ccc(NC3COCc4ccccc43)cc2[nH]1. The number of nitrogens with zero attached hydrogens (tertiary/aromatic N) is 1. The van der Waals surface area contributed by atoms with Crippen LogP contribution in [0.5, 0.6) is 0 Å². The molecule has 1 aliphatic heterocycles. The van der Waals surface area contributed by atoms with Gasteiger partial charge in [0.15, 0.2) is 0 Å². The van der Waals surface area contributed by atoms with Crippen LogP contribution in [0.2, 0.25) is 0 Å². The maximum atomic E-state index is 5.69. The fraction of sp³-hybridized carbons (Fsp3) is 0.235. The second kappa shape index (κ2) is 4.90. The average Bonchev–Trinajstić information content (AvgIpc) is 2.87. The lowest BCUT2D eigenvalue weighted by Crippen LogP contribution is -2.23. The Labute approximate surface area is 123 Å². The molecule has 1 aliphatic rings. The van der Waals surface area contributed by atoms with Gasteiger partial charge in [-0.3, -0.25) is 0 Å². The van der Waals surface area contributed by atoms with Crippen LogP contribution < -0.4 is 5.32 Å². The number of nitrogens with one attached hydrogen (secondary N) is 2. The average molecular weight is 279 g/mol. The summed E-state index contributed by atoms with van der Waals surface area (Å²) in [7, 11) is 0. The van der Waals surface area contributed by atoms with Gasteiger partial charge >= 0.3 is 0 Å². The van der Waals surface area contributed by atoms with Crippen LogP contribution >= 0.6 is 0 Å². The molecule has 0 radical (unpaired) electrons. The van der Waals surface area contributed by atoms with Crippen LogP contribution in [-0.2, 0) is 11.3 Å². The molecule has 106 valence electrons. The third kappa shape index (κ3) is 2.28. The van der Waals surface area contributed by atoms with Gasteiger partial charge in [0.1, 0.15) is 5.82 Å². The van der Waals surface area contributed by atoms with Crippen molar-refractivity contribution < 1.29 is 4.74 Å². The van der Waals surface area contributed by atoms with Crippen LogP contribution in [-0.4, -0.2) is 16.6 Å². The summed E-state index contributed by atoms with van der Waals surface area (Å²) in [6, 6.07) is 14.9. The largest absolute Gasteiger partial charge is 0.376 e. The minimum Gasteiger partial charge on any atom is -0.376 e. The molecule has 0 amide bonds. The van der Waals surface area contributed by atoms with Crippen molar-refractivity contribution in [3.63, 3.8) is 0 Å². The first-order valence-electron chi connectivity index (χ1n) is 7.18. The molecule has 4 nitrogen and oxygen atoms in total. The van der Waals surface area contributed by atoms with E-state index in [0.29, 0.717) is 13.2 Å². The number of hydrogen-bond acceptors (Lipinski definition) is 3. The highest BCUT2D eigenvalue weighted by Gasteiger charge is 2.20. The zero-order valence-corrected chi connectivity index (χ0v) is 11.9. The second-order valence-electron chi connectivity index (χ2n) is 5.47. The van der Waals surface area contributed by atoms with E-state index in [1.807, 2.05) is 13.0 Å². The van der Waals surface area contributed by atoms with E-state index in [9.17, 15) is 0 Å². The van der Waals surface area contributed by atoms with Crippen LogP contribution in [0.4, 0.5) is 5.69 Å². The second-order valence-corrected chi connectivity index (χ2v) is 5.47. The number of anilines is 1. The van der Waals surface area contributed by atoms with E-state index in [4.69, 9.17) is 4.74 Å². The molecule has 2 N–H and O–H groups in total. The first-order valence-corrected chi connectivity index (χ1v) is 7.18. The van der Waals surface area contributed by atoms with Crippen molar-refractivity contribution in [3.8, 4) is 0 Å². The third-order valence-electron chi connectivity index (χ3n) is 3.91. The van der Waals surface area contributed by atoms with E-state index >= 15 is 0 Å². The van der Waals surface area contributed by atoms with Gasteiger partial charge < -0.3 is 15.0 Å². The van der Waals surface area contributed by atoms with E-state index in [0.717, 1.165) is 22.5 Å². The van der Waals surface area contributed by atoms with Crippen LogP contribution in [0.1, 0.15) is 23.0 Å². The highest BCUT2D eigenvalue weighted by atomic mass is 16.5. The summed E-state index contributed by atoms with van der Waals surface area (Å²) in [6.45, 7) is 3.36. The molecule has 1 unspecified atom stereocenters. The van der Waals surface area contributed by atoms with Crippen LogP contribution in [0.25, 0.3) is 11.0 Å². The molecule has 0 bridgehead atoms. The van der Waals surface area contributed by atoms with E-state index in [2.05, 4.69) is 51.7 Å². The molecule has 3 aromatic rings. The molecule has 0 spiro atoms. The number of H-pyrrole nitrogens is 1. The number of benzene rings is 2. The first kappa shape index (κ1) is 12.4. The maximum Gasteiger partial charge on any atom is 0.104 e. The van der Waals surface area contributed by atoms with Gasteiger partial charge in [-0.25, -0.2) is 4.98 Å². The number of rotatable bonds is 2. The standard InChI is InChI=1S/C17H17N3O/c1-11-18-15-7-6-13(8-16(15)19-11)20-17-10-21-9-12-4-2-3-5-14(12)17/h2-8,17,20H,9-10H2,1H3,(H,18,19). The maximum absolute atomic E-state index is 5.69. The van der Waals surface area contributed by atoms with Gasteiger partial charge in [0, 0.05) is 5.69 Å². The van der Waals surface area contributed by atoms with E-state index in [1.54, 1.807) is 0 Å². The molecule has 1 atom stereocenters. The highest BCUT2D eigenvalue weighted by molar-refractivity contribution is 5.79. The molecular formula is C17H17N3O. The predicted molar refractivity (Wildman–Crippen MR) is 83.3 cm³/mol. The van der Waals surface area contributed by atoms with E-state index < -0.39 is 0 Å². The molecule has 0 saturated heterocycles. The van der Waals surface area contributed by atoms with Crippen molar-refractivity contribution in [2.24, 2.45) is 0 Å². The molecule has 0 saturated carbocycles. The van der Waals surface area contributed by atoms with Gasteiger partial charge in [-0.1, -0.05) is 24.3 Å². The third-order valence-corrected chi connectivity index (χ3v) is 3.91. The summed E-state index contributed by atoms with van der Waals surface area (Å²) in [5, 5.41) is 3.57. The number of aromatic nitrogens is 2. The summed E-state index contributed by atoms with van der Waals surface area (Å²) >= 11 is 0. The minimum absolute atomic E-state index is 0.191. The monoisotopic (exact) mass is 279 g/mol. The Morgan fingerprint density at radius 1 is 1.24 bits per heavy atom. The number of fused-ring (bicyclic) bond motifs is 2. The minimum atomic E-state index is 0.191. The molecule has 2 aromatic carbocycles. The lowest BCUT2D eigenvalue weighted by Gasteiger charge is -2.27. The Balaban J connectivity index is 1.65. The van der Waals surface area contributed by atoms with E-state index in [1.165, 1.54) is 11.1 Å². The van der Waals surface area contributed by atoms with Gasteiger partial charge in [0.25, 0.3) is 0 Å². The lowest BCUT2D eigenvalue weighted by atomic mass is 9.99. The predicted octanol–water partition coefficient (Wildman–Crippen LogP) is 3.55. The van der Waals surface area contributed by atoms with Crippen molar-refractivity contribution in [3.05, 3.63) is 59.4 Å². The Morgan fingerprint density at radius 2 is 2.14 bits per heavy atom. The van der Waals surface area contributed by atoms with Gasteiger partial charge in [0.05, 0.1) is 30.3 Å². The summed E-state index contributed by atoms with van der Waals surface area (Å²) in [5.41, 5.74) is 5.72. The summed E-state index contributed by atoms with van der Waals surface area (Å²) < 4.78 is 5.69. The normalized spacial score (nSPS) is 17.7. The van der Waals surface area contributed by atoms with Gasteiger partial charge in [-0.2, -0.15) is 0 Å². The van der Waals surface area contributed by atoms with Crippen molar-refractivity contribution in [1.29, 1.82) is 0 Å². The lowest BCUT2D eigenvalue weighted by molar-refractivity contribution is 0.0970. The quantitative estimate of drug-likeness (QED) is 0.754. The molecule has 4 rings (SSSR count). The van der Waals surface area contributed by atoms with Crippen molar-refractivity contribution in [2.45, 2.75) is 19.6 Å². The number of imidazole rings is 1. The van der Waals surface area contributed by atoms with Gasteiger partial charge in [-0.15, -0.1) is 0 Å². The fourth-order valence-corrected chi connectivity index (χ4v) is 2.93. The number of hydrogen-bond donors (Lipinski definition) is 2. The Morgan fingerprint density at radius 3 is 3.10 bits per heavy atom. The highest BCUT2D eigenvalue weighted by Crippen LogP contribution is 2.28. The van der Waals surface area contributed by atoms with Crippen molar-refractivity contribution in [1.82, 2.24) is 9.97 Å². The zero-order valence-electron chi connectivity index (χ0n) is 11.9. The van der Waals surface area contributed by atoms with Gasteiger partial charge in [0.2, 0.25) is 0 Å². The molecule has 21 heavy (non-hydrogen) atoms. The molecule has 4 heteroatoms. The molecule has 0 aliphatic carbocycles. The Hall–Kier alpha value is -2.33. The van der Waals surface area contributed by atoms with Crippen molar-refractivity contribution >= 4 is 16.7 Å². The van der Waals surface area contributed by atoms with E-state index in [-0.39, 0.29) is 6.04 Å².